The van der Waals surface area contributed by atoms with Crippen LogP contribution in [0, 0.1) is 0 Å². The fourth-order valence-electron chi connectivity index (χ4n) is 1.38. The molecule has 2 unspecified atom stereocenters. The highest BCUT2D eigenvalue weighted by Gasteiger charge is 2.20. The summed E-state index contributed by atoms with van der Waals surface area (Å²) in [5, 5.41) is 5.57. The summed E-state index contributed by atoms with van der Waals surface area (Å²) in [5.41, 5.74) is 0. The summed E-state index contributed by atoms with van der Waals surface area (Å²) in [4.78, 5) is 1.35. The van der Waals surface area contributed by atoms with Crippen LogP contribution in [0.2, 0.25) is 0 Å². The summed E-state index contributed by atoms with van der Waals surface area (Å²) in [7, 11) is 0. The maximum Gasteiger partial charge on any atom is 0.0673 e. The number of morpholine rings is 1. The zero-order valence-electron chi connectivity index (χ0n) is 7.42. The third-order valence-electron chi connectivity index (χ3n) is 2.13. The van der Waals surface area contributed by atoms with Gasteiger partial charge in [-0.15, -0.1) is 11.3 Å². The van der Waals surface area contributed by atoms with Gasteiger partial charge in [-0.1, -0.05) is 0 Å². The normalized spacial score (nSPS) is 29.1. The zero-order chi connectivity index (χ0) is 9.26. The molecule has 2 atom stereocenters. The molecule has 2 nitrogen and oxygen atoms in total. The van der Waals surface area contributed by atoms with Crippen LogP contribution in [0.1, 0.15) is 17.8 Å². The molecule has 0 aromatic carbocycles. The van der Waals surface area contributed by atoms with Crippen LogP contribution in [0.25, 0.3) is 0 Å². The van der Waals surface area contributed by atoms with Gasteiger partial charge in [0, 0.05) is 21.3 Å². The van der Waals surface area contributed by atoms with Gasteiger partial charge >= 0.3 is 0 Å². The zero-order valence-corrected chi connectivity index (χ0v) is 9.82. The third kappa shape index (κ3) is 2.31. The molecule has 1 aromatic heterocycles. The first-order valence-corrected chi connectivity index (χ1v) is 6.02. The summed E-state index contributed by atoms with van der Waals surface area (Å²) < 4.78 is 6.74. The van der Waals surface area contributed by atoms with E-state index in [-0.39, 0.29) is 0 Å². The quantitative estimate of drug-likeness (QED) is 0.839. The Bertz CT molecular complexity index is 281. The summed E-state index contributed by atoms with van der Waals surface area (Å²) >= 11 is 5.22. The van der Waals surface area contributed by atoms with Crippen molar-refractivity contribution in [2.75, 3.05) is 13.2 Å². The van der Waals surface area contributed by atoms with Crippen molar-refractivity contribution >= 4 is 27.3 Å². The molecule has 0 bridgehead atoms. The van der Waals surface area contributed by atoms with Gasteiger partial charge < -0.3 is 10.1 Å². The highest BCUT2D eigenvalue weighted by atomic mass is 79.9. The van der Waals surface area contributed by atoms with Crippen LogP contribution in [-0.4, -0.2) is 19.3 Å². The Hall–Kier alpha value is 0.1000. The van der Waals surface area contributed by atoms with E-state index in [2.05, 4.69) is 39.6 Å². The van der Waals surface area contributed by atoms with Crippen molar-refractivity contribution in [3.05, 3.63) is 20.8 Å². The monoisotopic (exact) mass is 261 g/mol. The van der Waals surface area contributed by atoms with Crippen molar-refractivity contribution in [1.29, 1.82) is 0 Å². The molecule has 0 radical (unpaired) electrons. The van der Waals surface area contributed by atoms with Gasteiger partial charge in [0.05, 0.1) is 18.8 Å². The molecular weight excluding hydrogens is 250 g/mol. The second kappa shape index (κ2) is 4.09. The van der Waals surface area contributed by atoms with Crippen molar-refractivity contribution < 1.29 is 4.74 Å². The largest absolute Gasteiger partial charge is 0.375 e. The van der Waals surface area contributed by atoms with Gasteiger partial charge in [-0.05, 0) is 28.9 Å². The number of thiophene rings is 1. The molecule has 1 aromatic rings. The molecule has 1 N–H and O–H groups in total. The number of halogens is 1. The van der Waals surface area contributed by atoms with E-state index in [1.165, 1.54) is 4.88 Å². The number of hydrogen-bond acceptors (Lipinski definition) is 3. The fraction of sp³-hybridized carbons (Fsp3) is 0.556. The van der Waals surface area contributed by atoms with Crippen LogP contribution in [-0.2, 0) is 4.74 Å². The summed E-state index contributed by atoms with van der Waals surface area (Å²) in [6.07, 6.45) is 0.347. The van der Waals surface area contributed by atoms with Crippen LogP contribution in [0.15, 0.2) is 15.9 Å². The number of ether oxygens (including phenoxy) is 1. The SMILES string of the molecule is CC1CNC(c2cc(Br)cs2)CO1. The summed E-state index contributed by atoms with van der Waals surface area (Å²) in [6.45, 7) is 3.82. The highest BCUT2D eigenvalue weighted by Crippen LogP contribution is 2.27. The van der Waals surface area contributed by atoms with Gasteiger partial charge in [0.15, 0.2) is 0 Å². The van der Waals surface area contributed by atoms with Crippen molar-refractivity contribution in [3.8, 4) is 0 Å². The lowest BCUT2D eigenvalue weighted by Gasteiger charge is -2.27. The predicted molar refractivity (Wildman–Crippen MR) is 58.2 cm³/mol. The van der Waals surface area contributed by atoms with Crippen LogP contribution in [0.4, 0.5) is 0 Å². The van der Waals surface area contributed by atoms with Gasteiger partial charge in [-0.3, -0.25) is 0 Å². The fourth-order valence-corrected chi connectivity index (χ4v) is 2.89. The Morgan fingerprint density at radius 2 is 2.54 bits per heavy atom. The first kappa shape index (κ1) is 9.65. The van der Waals surface area contributed by atoms with Gasteiger partial charge in [0.2, 0.25) is 0 Å². The molecule has 72 valence electrons. The number of nitrogens with one attached hydrogen (secondary N) is 1. The molecule has 4 heteroatoms. The molecule has 1 fully saturated rings. The topological polar surface area (TPSA) is 21.3 Å². The van der Waals surface area contributed by atoms with Crippen LogP contribution in [0.3, 0.4) is 0 Å². The molecule has 0 spiro atoms. The van der Waals surface area contributed by atoms with E-state index < -0.39 is 0 Å². The van der Waals surface area contributed by atoms with E-state index in [1.807, 2.05) is 0 Å². The minimum absolute atomic E-state index is 0.347. The Morgan fingerprint density at radius 3 is 3.08 bits per heavy atom. The van der Waals surface area contributed by atoms with E-state index in [9.17, 15) is 0 Å². The third-order valence-corrected chi connectivity index (χ3v) is 3.94. The van der Waals surface area contributed by atoms with E-state index in [4.69, 9.17) is 4.74 Å². The molecule has 2 rings (SSSR count). The molecule has 13 heavy (non-hydrogen) atoms. The molecule has 2 heterocycles. The van der Waals surface area contributed by atoms with Gasteiger partial charge in [0.1, 0.15) is 0 Å². The lowest BCUT2D eigenvalue weighted by molar-refractivity contribution is 0.0157. The highest BCUT2D eigenvalue weighted by molar-refractivity contribution is 9.10. The van der Waals surface area contributed by atoms with E-state index in [0.29, 0.717) is 12.1 Å². The van der Waals surface area contributed by atoms with Crippen molar-refractivity contribution in [1.82, 2.24) is 5.32 Å². The molecule has 1 aliphatic rings. The lowest BCUT2D eigenvalue weighted by atomic mass is 10.2. The second-order valence-electron chi connectivity index (χ2n) is 3.27. The second-order valence-corrected chi connectivity index (χ2v) is 5.13. The number of hydrogen-bond donors (Lipinski definition) is 1. The van der Waals surface area contributed by atoms with Gasteiger partial charge in [0.25, 0.3) is 0 Å². The molecule has 1 aliphatic heterocycles. The predicted octanol–water partition coefficient (Wildman–Crippen LogP) is 2.56. The average molecular weight is 262 g/mol. The maximum atomic E-state index is 5.58. The van der Waals surface area contributed by atoms with Crippen LogP contribution in [0.5, 0.6) is 0 Å². The van der Waals surface area contributed by atoms with E-state index in [1.54, 1.807) is 11.3 Å². The summed E-state index contributed by atoms with van der Waals surface area (Å²) in [6, 6.07) is 2.54. The average Bonchev–Trinajstić information content (AvgIpc) is 2.53. The Kier molecular flexibility index (Phi) is 3.03. The molecule has 0 aliphatic carbocycles. The maximum absolute atomic E-state index is 5.58. The Morgan fingerprint density at radius 1 is 1.69 bits per heavy atom. The number of rotatable bonds is 1. The van der Waals surface area contributed by atoms with Crippen molar-refractivity contribution in [2.24, 2.45) is 0 Å². The Labute approximate surface area is 90.4 Å². The van der Waals surface area contributed by atoms with Gasteiger partial charge in [-0.2, -0.15) is 0 Å². The standard InChI is InChI=1S/C9H12BrNOS/c1-6-3-11-8(4-12-6)9-2-7(10)5-13-9/h2,5-6,8,11H,3-4H2,1H3. The van der Waals surface area contributed by atoms with E-state index in [0.717, 1.165) is 17.6 Å². The first-order chi connectivity index (χ1) is 6.25. The Balaban J connectivity index is 2.02. The minimum Gasteiger partial charge on any atom is -0.375 e. The minimum atomic E-state index is 0.347. The van der Waals surface area contributed by atoms with Crippen molar-refractivity contribution in [2.45, 2.75) is 19.1 Å². The molecule has 1 saturated heterocycles. The molecule has 0 amide bonds. The van der Waals surface area contributed by atoms with Crippen LogP contribution < -0.4 is 5.32 Å². The van der Waals surface area contributed by atoms with Gasteiger partial charge in [-0.25, -0.2) is 0 Å². The molecule has 0 saturated carbocycles. The summed E-state index contributed by atoms with van der Waals surface area (Å²) in [5.74, 6) is 0. The van der Waals surface area contributed by atoms with Crippen molar-refractivity contribution in [3.63, 3.8) is 0 Å². The smallest absolute Gasteiger partial charge is 0.0673 e. The van der Waals surface area contributed by atoms with Crippen LogP contribution >= 0.6 is 27.3 Å². The molecular formula is C9H12BrNOS. The first-order valence-electron chi connectivity index (χ1n) is 4.34. The lowest BCUT2D eigenvalue weighted by Crippen LogP contribution is -2.39. The van der Waals surface area contributed by atoms with E-state index >= 15 is 0 Å².